The lowest BCUT2D eigenvalue weighted by Crippen LogP contribution is -2.23. The molecule has 3 N–H and O–H groups in total. The highest BCUT2D eigenvalue weighted by Gasteiger charge is 2.17. The van der Waals surface area contributed by atoms with Crippen LogP contribution in [0.2, 0.25) is 0 Å². The minimum absolute atomic E-state index is 0.269. The molecule has 0 atom stereocenters. The van der Waals surface area contributed by atoms with Crippen molar-refractivity contribution in [2.75, 3.05) is 10.6 Å². The summed E-state index contributed by atoms with van der Waals surface area (Å²) < 4.78 is 1.03. The monoisotopic (exact) mass is 493 g/mol. The molecule has 0 aliphatic carbocycles. The van der Waals surface area contributed by atoms with Crippen molar-refractivity contribution in [2.24, 2.45) is 0 Å². The van der Waals surface area contributed by atoms with E-state index in [1.54, 1.807) is 18.5 Å². The van der Waals surface area contributed by atoms with Gasteiger partial charge in [0.1, 0.15) is 0 Å². The van der Waals surface area contributed by atoms with Crippen molar-refractivity contribution in [3.8, 4) is 0 Å². The number of rotatable bonds is 7. The first-order valence-electron chi connectivity index (χ1n) is 11.4. The highest BCUT2D eigenvalue weighted by atomic mass is 32.1. The molecule has 0 bridgehead atoms. The number of pyridine rings is 2. The van der Waals surface area contributed by atoms with Crippen molar-refractivity contribution in [2.45, 2.75) is 13.5 Å². The second-order valence-electron chi connectivity index (χ2n) is 8.20. The summed E-state index contributed by atoms with van der Waals surface area (Å²) >= 11 is 1.51. The molecule has 2 amide bonds. The summed E-state index contributed by atoms with van der Waals surface area (Å²) in [6.07, 6.45) is 4.88. The Hall–Kier alpha value is -4.56. The Bertz CT molecular complexity index is 1550. The van der Waals surface area contributed by atoms with E-state index in [4.69, 9.17) is 0 Å². The maximum absolute atomic E-state index is 13.3. The number of aryl methyl sites for hydroxylation is 1. The van der Waals surface area contributed by atoms with Crippen LogP contribution < -0.4 is 16.0 Å². The largest absolute Gasteiger partial charge is 0.348 e. The molecule has 3 heterocycles. The number of hydrogen-bond donors (Lipinski definition) is 3. The maximum Gasteiger partial charge on any atom is 0.257 e. The third kappa shape index (κ3) is 5.08. The molecular weight excluding hydrogens is 470 g/mol. The molecule has 7 nitrogen and oxygen atoms in total. The standard InChI is InChI=1S/C28H23N5O2S/c1-18-7-2-4-10-23(18)32-26-24(33-28(35)22-17-36-25-11-5-3-9-21(22)25)13-20(16-30-26)27(34)31-15-19-8-6-12-29-14-19/h2-14,16-17H,15H2,1H3,(H,30,32)(H,31,34)(H,33,35). The number of amides is 2. The van der Waals surface area contributed by atoms with E-state index in [0.717, 1.165) is 26.9 Å². The fraction of sp³-hybridized carbons (Fsp3) is 0.0714. The van der Waals surface area contributed by atoms with E-state index in [2.05, 4.69) is 25.9 Å². The normalized spacial score (nSPS) is 10.7. The quantitative estimate of drug-likeness (QED) is 0.261. The fourth-order valence-corrected chi connectivity index (χ4v) is 4.70. The number of hydrogen-bond acceptors (Lipinski definition) is 6. The molecule has 8 heteroatoms. The lowest BCUT2D eigenvalue weighted by molar-refractivity contribution is 0.0949. The van der Waals surface area contributed by atoms with Crippen molar-refractivity contribution < 1.29 is 9.59 Å². The van der Waals surface area contributed by atoms with Gasteiger partial charge in [-0.15, -0.1) is 11.3 Å². The number of para-hydroxylation sites is 1. The summed E-state index contributed by atoms with van der Waals surface area (Å²) in [5.74, 6) is -0.124. The minimum Gasteiger partial charge on any atom is -0.348 e. The first kappa shape index (κ1) is 23.2. The first-order chi connectivity index (χ1) is 17.6. The summed E-state index contributed by atoms with van der Waals surface area (Å²) in [5, 5.41) is 11.9. The number of benzene rings is 2. The Balaban J connectivity index is 1.44. The number of aromatic nitrogens is 2. The SMILES string of the molecule is Cc1ccccc1Nc1ncc(C(=O)NCc2cccnc2)cc1NC(=O)c1csc2ccccc12. The highest BCUT2D eigenvalue weighted by Crippen LogP contribution is 2.29. The molecule has 178 valence electrons. The smallest absolute Gasteiger partial charge is 0.257 e. The zero-order chi connectivity index (χ0) is 24.9. The van der Waals surface area contributed by atoms with E-state index in [1.807, 2.05) is 73.0 Å². The van der Waals surface area contributed by atoms with Crippen LogP contribution in [0, 0.1) is 6.92 Å². The molecule has 0 unspecified atom stereocenters. The van der Waals surface area contributed by atoms with Crippen LogP contribution in [0.25, 0.3) is 10.1 Å². The van der Waals surface area contributed by atoms with Crippen LogP contribution in [-0.4, -0.2) is 21.8 Å². The molecule has 0 fully saturated rings. The van der Waals surface area contributed by atoms with Gasteiger partial charge in [0.25, 0.3) is 11.8 Å². The van der Waals surface area contributed by atoms with Crippen molar-refractivity contribution in [1.82, 2.24) is 15.3 Å². The lowest BCUT2D eigenvalue weighted by atomic mass is 10.1. The molecule has 0 saturated heterocycles. The lowest BCUT2D eigenvalue weighted by Gasteiger charge is -2.15. The number of nitrogens with zero attached hydrogens (tertiary/aromatic N) is 2. The molecule has 5 rings (SSSR count). The van der Waals surface area contributed by atoms with Crippen LogP contribution in [0.1, 0.15) is 31.8 Å². The molecule has 5 aromatic rings. The number of nitrogens with one attached hydrogen (secondary N) is 3. The Labute approximate surface area is 212 Å². The molecule has 2 aromatic carbocycles. The van der Waals surface area contributed by atoms with Crippen molar-refractivity contribution in [3.05, 3.63) is 113 Å². The molecular formula is C28H23N5O2S. The van der Waals surface area contributed by atoms with Gasteiger partial charge < -0.3 is 16.0 Å². The van der Waals surface area contributed by atoms with Gasteiger partial charge in [-0.25, -0.2) is 4.98 Å². The molecule has 3 aromatic heterocycles. The van der Waals surface area contributed by atoms with E-state index < -0.39 is 0 Å². The average Bonchev–Trinajstić information content (AvgIpc) is 3.34. The first-order valence-corrected chi connectivity index (χ1v) is 12.2. The van der Waals surface area contributed by atoms with Crippen molar-refractivity contribution in [1.29, 1.82) is 0 Å². The highest BCUT2D eigenvalue weighted by molar-refractivity contribution is 7.17. The minimum atomic E-state index is -0.301. The molecule has 0 saturated carbocycles. The Kier molecular flexibility index (Phi) is 6.68. The topological polar surface area (TPSA) is 96.0 Å². The van der Waals surface area contributed by atoms with Gasteiger partial charge in [0.15, 0.2) is 5.82 Å². The Morgan fingerprint density at radius 1 is 0.917 bits per heavy atom. The van der Waals surface area contributed by atoms with E-state index in [0.29, 0.717) is 29.2 Å². The van der Waals surface area contributed by atoms with Crippen LogP contribution in [-0.2, 0) is 6.54 Å². The van der Waals surface area contributed by atoms with Gasteiger partial charge >= 0.3 is 0 Å². The number of thiophene rings is 1. The number of fused-ring (bicyclic) bond motifs is 1. The maximum atomic E-state index is 13.3. The van der Waals surface area contributed by atoms with Gasteiger partial charge in [0, 0.05) is 46.3 Å². The van der Waals surface area contributed by atoms with Crippen LogP contribution in [0.5, 0.6) is 0 Å². The van der Waals surface area contributed by atoms with Gasteiger partial charge in [0.2, 0.25) is 0 Å². The number of anilines is 3. The molecule has 0 radical (unpaired) electrons. The summed E-state index contributed by atoms with van der Waals surface area (Å²) in [5.41, 5.74) is 4.08. The van der Waals surface area contributed by atoms with E-state index in [9.17, 15) is 9.59 Å². The summed E-state index contributed by atoms with van der Waals surface area (Å²) in [6, 6.07) is 20.9. The van der Waals surface area contributed by atoms with Gasteiger partial charge in [-0.3, -0.25) is 14.6 Å². The van der Waals surface area contributed by atoms with Crippen LogP contribution in [0.3, 0.4) is 0 Å². The van der Waals surface area contributed by atoms with Gasteiger partial charge in [0.05, 0.1) is 16.8 Å². The van der Waals surface area contributed by atoms with Crippen LogP contribution in [0.4, 0.5) is 17.2 Å². The van der Waals surface area contributed by atoms with Crippen molar-refractivity contribution in [3.63, 3.8) is 0 Å². The fourth-order valence-electron chi connectivity index (χ4n) is 3.75. The molecule has 0 aliphatic heterocycles. The van der Waals surface area contributed by atoms with Gasteiger partial charge in [-0.1, -0.05) is 42.5 Å². The summed E-state index contributed by atoms with van der Waals surface area (Å²) in [7, 11) is 0. The third-order valence-corrected chi connectivity index (χ3v) is 6.66. The summed E-state index contributed by atoms with van der Waals surface area (Å²) in [6.45, 7) is 2.32. The average molecular weight is 494 g/mol. The third-order valence-electron chi connectivity index (χ3n) is 5.70. The Morgan fingerprint density at radius 2 is 1.75 bits per heavy atom. The second-order valence-corrected chi connectivity index (χ2v) is 9.11. The molecule has 36 heavy (non-hydrogen) atoms. The summed E-state index contributed by atoms with van der Waals surface area (Å²) in [4.78, 5) is 34.7. The van der Waals surface area contributed by atoms with Crippen molar-refractivity contribution >= 4 is 50.4 Å². The predicted octanol–water partition coefficient (Wildman–Crippen LogP) is 5.93. The van der Waals surface area contributed by atoms with Gasteiger partial charge in [-0.2, -0.15) is 0 Å². The van der Waals surface area contributed by atoms with Gasteiger partial charge in [-0.05, 0) is 42.3 Å². The van der Waals surface area contributed by atoms with E-state index in [-0.39, 0.29) is 11.8 Å². The van der Waals surface area contributed by atoms with E-state index >= 15 is 0 Å². The zero-order valence-electron chi connectivity index (χ0n) is 19.5. The van der Waals surface area contributed by atoms with Crippen LogP contribution in [0.15, 0.2) is 90.7 Å². The van der Waals surface area contributed by atoms with Crippen LogP contribution >= 0.6 is 11.3 Å². The van der Waals surface area contributed by atoms with E-state index in [1.165, 1.54) is 17.5 Å². The number of carbonyl (C=O) groups excluding carboxylic acids is 2. The predicted molar refractivity (Wildman–Crippen MR) is 144 cm³/mol. The molecule has 0 aliphatic rings. The number of carbonyl (C=O) groups is 2. The molecule has 0 spiro atoms. The second kappa shape index (κ2) is 10.4. The Morgan fingerprint density at radius 3 is 2.58 bits per heavy atom. The zero-order valence-corrected chi connectivity index (χ0v) is 20.3.